The number of amides is 2. The Morgan fingerprint density at radius 2 is 1.82 bits per heavy atom. The van der Waals surface area contributed by atoms with E-state index in [1.807, 2.05) is 13.8 Å². The van der Waals surface area contributed by atoms with Crippen molar-refractivity contribution >= 4 is 11.8 Å². The number of carbonyl (C=O) groups excluding carboxylic acids is 2. The number of carbonyl (C=O) groups is 2. The van der Waals surface area contributed by atoms with Gasteiger partial charge in [0, 0.05) is 32.8 Å². The fraction of sp³-hybridized carbons (Fsp3) is 0.818. The first-order valence-corrected chi connectivity index (χ1v) is 5.94. The first-order valence-electron chi connectivity index (χ1n) is 5.94. The van der Waals surface area contributed by atoms with Gasteiger partial charge in [-0.3, -0.25) is 9.59 Å². The molecule has 0 aromatic heterocycles. The summed E-state index contributed by atoms with van der Waals surface area (Å²) in [5.41, 5.74) is 0. The molecule has 1 aliphatic rings. The Balaban J connectivity index is 2.45. The second-order valence-electron chi connectivity index (χ2n) is 3.95. The Bertz CT molecular complexity index is 283. The van der Waals surface area contributed by atoms with Gasteiger partial charge in [-0.1, -0.05) is 0 Å². The van der Waals surface area contributed by atoms with Gasteiger partial charge in [0.15, 0.2) is 0 Å². The van der Waals surface area contributed by atoms with Gasteiger partial charge in [0.25, 0.3) is 0 Å². The van der Waals surface area contributed by atoms with Crippen LogP contribution in [0.5, 0.6) is 0 Å². The second-order valence-corrected chi connectivity index (χ2v) is 3.95. The highest BCUT2D eigenvalue weighted by molar-refractivity contribution is 6.35. The van der Waals surface area contributed by atoms with Crippen molar-refractivity contribution in [3.8, 4) is 0 Å². The van der Waals surface area contributed by atoms with E-state index in [0.29, 0.717) is 26.2 Å². The van der Waals surface area contributed by atoms with E-state index >= 15 is 0 Å². The average Bonchev–Trinajstić information content (AvgIpc) is 2.33. The van der Waals surface area contributed by atoms with Gasteiger partial charge in [0.1, 0.15) is 0 Å². The topological polar surface area (TPSA) is 70.1 Å². The number of hydrogen-bond acceptors (Lipinski definition) is 4. The van der Waals surface area contributed by atoms with E-state index in [1.54, 1.807) is 0 Å². The number of aliphatic hydroxyl groups is 1. The molecule has 1 atom stereocenters. The number of β-amino-alcohol motifs (C(OH)–C–C–N with tert-alkyl or cyclic N) is 1. The molecule has 1 N–H and O–H groups in total. The van der Waals surface area contributed by atoms with Gasteiger partial charge in [-0.15, -0.1) is 0 Å². The van der Waals surface area contributed by atoms with Crippen molar-refractivity contribution in [3.05, 3.63) is 0 Å². The smallest absolute Gasteiger partial charge is 0.312 e. The van der Waals surface area contributed by atoms with E-state index in [1.165, 1.54) is 9.80 Å². The molecule has 6 heteroatoms. The van der Waals surface area contributed by atoms with Crippen LogP contribution < -0.4 is 0 Å². The summed E-state index contributed by atoms with van der Waals surface area (Å²) in [4.78, 5) is 26.2. The van der Waals surface area contributed by atoms with Crippen LogP contribution >= 0.6 is 0 Å². The molecule has 0 bridgehead atoms. The van der Waals surface area contributed by atoms with Crippen molar-refractivity contribution in [1.82, 2.24) is 9.80 Å². The summed E-state index contributed by atoms with van der Waals surface area (Å²) >= 11 is 0. The summed E-state index contributed by atoms with van der Waals surface area (Å²) in [6.45, 7) is 6.08. The molecule has 0 aromatic carbocycles. The lowest BCUT2D eigenvalue weighted by molar-refractivity contribution is -0.157. The molecule has 0 spiro atoms. The van der Waals surface area contributed by atoms with Crippen LogP contribution in [0.25, 0.3) is 0 Å². The van der Waals surface area contributed by atoms with Crippen LogP contribution in [0.4, 0.5) is 0 Å². The molecule has 98 valence electrons. The van der Waals surface area contributed by atoms with E-state index < -0.39 is 17.9 Å². The highest BCUT2D eigenvalue weighted by atomic mass is 16.5. The maximum absolute atomic E-state index is 11.7. The summed E-state index contributed by atoms with van der Waals surface area (Å²) < 4.78 is 5.06. The number of nitrogens with zero attached hydrogens (tertiary/aromatic N) is 2. The van der Waals surface area contributed by atoms with E-state index in [2.05, 4.69) is 0 Å². The largest absolute Gasteiger partial charge is 0.389 e. The molecule has 0 saturated carbocycles. The highest BCUT2D eigenvalue weighted by Gasteiger charge is 2.32. The van der Waals surface area contributed by atoms with Crippen LogP contribution in [0.3, 0.4) is 0 Å². The molecule has 1 saturated heterocycles. The van der Waals surface area contributed by atoms with Gasteiger partial charge in [-0.2, -0.15) is 0 Å². The highest BCUT2D eigenvalue weighted by Crippen LogP contribution is 2.05. The van der Waals surface area contributed by atoms with Crippen LogP contribution in [0.15, 0.2) is 0 Å². The van der Waals surface area contributed by atoms with Crippen molar-refractivity contribution in [1.29, 1.82) is 0 Å². The van der Waals surface area contributed by atoms with Gasteiger partial charge in [-0.25, -0.2) is 0 Å². The van der Waals surface area contributed by atoms with Crippen molar-refractivity contribution in [2.24, 2.45) is 0 Å². The van der Waals surface area contributed by atoms with E-state index in [-0.39, 0.29) is 13.2 Å². The van der Waals surface area contributed by atoms with Crippen molar-refractivity contribution < 1.29 is 19.4 Å². The Kier molecular flexibility index (Phi) is 5.37. The van der Waals surface area contributed by atoms with E-state index in [9.17, 15) is 14.7 Å². The molecule has 0 aliphatic carbocycles. The van der Waals surface area contributed by atoms with Crippen LogP contribution in [-0.2, 0) is 14.3 Å². The number of aliphatic hydroxyl groups excluding tert-OH is 1. The number of hydrogen-bond donors (Lipinski definition) is 1. The number of piperazine rings is 1. The van der Waals surface area contributed by atoms with Crippen molar-refractivity contribution in [3.63, 3.8) is 0 Å². The summed E-state index contributed by atoms with van der Waals surface area (Å²) in [6, 6.07) is 0. The van der Waals surface area contributed by atoms with Crippen LogP contribution in [-0.4, -0.2) is 72.2 Å². The van der Waals surface area contributed by atoms with Crippen LogP contribution in [0, 0.1) is 0 Å². The van der Waals surface area contributed by atoms with Crippen molar-refractivity contribution in [2.45, 2.75) is 20.0 Å². The monoisotopic (exact) mass is 244 g/mol. The minimum absolute atomic E-state index is 0.155. The molecule has 0 aromatic rings. The third-order valence-corrected chi connectivity index (χ3v) is 2.72. The van der Waals surface area contributed by atoms with Gasteiger partial charge >= 0.3 is 11.8 Å². The quantitative estimate of drug-likeness (QED) is 0.613. The lowest BCUT2D eigenvalue weighted by Crippen LogP contribution is -2.55. The van der Waals surface area contributed by atoms with Gasteiger partial charge in [0.05, 0.1) is 12.7 Å². The zero-order valence-corrected chi connectivity index (χ0v) is 10.4. The molecular formula is C11H20N2O4. The summed E-state index contributed by atoms with van der Waals surface area (Å²) in [5, 5.41) is 9.62. The van der Waals surface area contributed by atoms with Gasteiger partial charge < -0.3 is 19.6 Å². The molecule has 1 unspecified atom stereocenters. The first-order chi connectivity index (χ1) is 8.10. The molecular weight excluding hydrogens is 224 g/mol. The molecule has 1 aliphatic heterocycles. The minimum Gasteiger partial charge on any atom is -0.389 e. The van der Waals surface area contributed by atoms with E-state index in [4.69, 9.17) is 4.74 Å². The maximum Gasteiger partial charge on any atom is 0.312 e. The Labute approximate surface area is 101 Å². The maximum atomic E-state index is 11.7. The zero-order chi connectivity index (χ0) is 12.8. The SMILES string of the molecule is CCOCC(O)CN1CCN(CC)C(=O)C1=O. The number of ether oxygens (including phenoxy) is 1. The normalized spacial score (nSPS) is 18.8. The fourth-order valence-electron chi connectivity index (χ4n) is 1.75. The zero-order valence-electron chi connectivity index (χ0n) is 10.4. The molecule has 1 rings (SSSR count). The molecule has 0 radical (unpaired) electrons. The fourth-order valence-corrected chi connectivity index (χ4v) is 1.75. The van der Waals surface area contributed by atoms with E-state index in [0.717, 1.165) is 0 Å². The Morgan fingerprint density at radius 3 is 2.41 bits per heavy atom. The van der Waals surface area contributed by atoms with Crippen molar-refractivity contribution in [2.75, 3.05) is 39.4 Å². The average molecular weight is 244 g/mol. The molecule has 1 fully saturated rings. The molecule has 1 heterocycles. The Morgan fingerprint density at radius 1 is 1.24 bits per heavy atom. The lowest BCUT2D eigenvalue weighted by atomic mass is 10.2. The number of rotatable bonds is 6. The third-order valence-electron chi connectivity index (χ3n) is 2.72. The summed E-state index contributed by atoms with van der Waals surface area (Å²) in [6.07, 6.45) is -0.736. The predicted octanol–water partition coefficient (Wildman–Crippen LogP) is -0.925. The van der Waals surface area contributed by atoms with Crippen LogP contribution in [0.2, 0.25) is 0 Å². The molecule has 6 nitrogen and oxygen atoms in total. The third kappa shape index (κ3) is 3.67. The first kappa shape index (κ1) is 13.9. The van der Waals surface area contributed by atoms with Gasteiger partial charge in [-0.05, 0) is 13.8 Å². The Hall–Kier alpha value is -1.14. The second kappa shape index (κ2) is 6.56. The molecule has 2 amide bonds. The molecule has 17 heavy (non-hydrogen) atoms. The minimum atomic E-state index is -0.736. The lowest BCUT2D eigenvalue weighted by Gasteiger charge is -2.34. The standard InChI is InChI=1S/C11H20N2O4/c1-3-12-5-6-13(11(16)10(12)15)7-9(14)8-17-4-2/h9,14H,3-8H2,1-2H3. The predicted molar refractivity (Wildman–Crippen MR) is 61.3 cm³/mol. The van der Waals surface area contributed by atoms with Gasteiger partial charge in [0.2, 0.25) is 0 Å². The van der Waals surface area contributed by atoms with Crippen LogP contribution in [0.1, 0.15) is 13.8 Å². The summed E-state index contributed by atoms with van der Waals surface area (Å²) in [5.74, 6) is -1.02. The number of likely N-dealkylation sites (N-methyl/N-ethyl adjacent to an activating group) is 1. The summed E-state index contributed by atoms with van der Waals surface area (Å²) in [7, 11) is 0.